The Morgan fingerprint density at radius 3 is 2.48 bits per heavy atom. The highest BCUT2D eigenvalue weighted by Gasteiger charge is 2.15. The van der Waals surface area contributed by atoms with E-state index in [0.29, 0.717) is 35.2 Å². The molecule has 0 spiro atoms. The van der Waals surface area contributed by atoms with Gasteiger partial charge in [-0.2, -0.15) is 0 Å². The predicted octanol–water partition coefficient (Wildman–Crippen LogP) is 5.34. The van der Waals surface area contributed by atoms with E-state index in [2.05, 4.69) is 26.1 Å². The molecular weight excluding hydrogens is 341 g/mol. The second-order valence-electron chi connectivity index (χ2n) is 6.82. The van der Waals surface area contributed by atoms with Gasteiger partial charge in [0, 0.05) is 17.6 Å². The van der Waals surface area contributed by atoms with Gasteiger partial charge in [-0.15, -0.1) is 0 Å². The van der Waals surface area contributed by atoms with Crippen LogP contribution >= 0.6 is 11.6 Å². The maximum Gasteiger partial charge on any atom is 0.180 e. The molecule has 0 aliphatic heterocycles. The van der Waals surface area contributed by atoms with Gasteiger partial charge in [0.25, 0.3) is 0 Å². The predicted molar refractivity (Wildman–Crippen MR) is 99.9 cm³/mol. The lowest BCUT2D eigenvalue weighted by molar-refractivity contribution is 0.265. The number of nitrogens with one attached hydrogen (secondary N) is 1. The van der Waals surface area contributed by atoms with Gasteiger partial charge < -0.3 is 14.8 Å². The molecule has 0 unspecified atom stereocenters. The van der Waals surface area contributed by atoms with Crippen LogP contribution in [0.15, 0.2) is 36.4 Å². The molecule has 0 heterocycles. The first-order valence-corrected chi connectivity index (χ1v) is 8.74. The van der Waals surface area contributed by atoms with E-state index < -0.39 is 0 Å². The van der Waals surface area contributed by atoms with Gasteiger partial charge in [-0.05, 0) is 51.5 Å². The van der Waals surface area contributed by atoms with Crippen LogP contribution in [0.25, 0.3) is 0 Å². The van der Waals surface area contributed by atoms with Gasteiger partial charge in [-0.25, -0.2) is 4.39 Å². The van der Waals surface area contributed by atoms with E-state index in [1.165, 1.54) is 6.07 Å². The van der Waals surface area contributed by atoms with Crippen LogP contribution in [0.2, 0.25) is 5.02 Å². The largest absolute Gasteiger partial charge is 0.490 e. The zero-order valence-electron chi connectivity index (χ0n) is 15.2. The molecule has 0 aliphatic carbocycles. The first-order chi connectivity index (χ1) is 11.8. The lowest BCUT2D eigenvalue weighted by atomic mass is 10.1. The molecular formula is C20H25ClFNO2. The number of benzene rings is 2. The minimum Gasteiger partial charge on any atom is -0.490 e. The van der Waals surface area contributed by atoms with Crippen molar-refractivity contribution in [3.8, 4) is 11.5 Å². The summed E-state index contributed by atoms with van der Waals surface area (Å²) < 4.78 is 25.2. The molecule has 0 bridgehead atoms. The van der Waals surface area contributed by atoms with Crippen molar-refractivity contribution in [3.63, 3.8) is 0 Å². The van der Waals surface area contributed by atoms with Crippen LogP contribution in [0, 0.1) is 5.82 Å². The third-order valence-corrected chi connectivity index (χ3v) is 3.80. The fraction of sp³-hybridized carbons (Fsp3) is 0.400. The SMILES string of the molecule is CCOc1cc(CNC(C)(C)C)cc(Cl)c1OCc1ccccc1F. The van der Waals surface area contributed by atoms with Gasteiger partial charge in [0.2, 0.25) is 0 Å². The van der Waals surface area contributed by atoms with Gasteiger partial charge in [0.05, 0.1) is 11.6 Å². The van der Waals surface area contributed by atoms with Crippen molar-refractivity contribution in [1.29, 1.82) is 0 Å². The Morgan fingerprint density at radius 1 is 1.12 bits per heavy atom. The van der Waals surface area contributed by atoms with Crippen molar-refractivity contribution < 1.29 is 13.9 Å². The maximum absolute atomic E-state index is 13.8. The molecule has 1 N–H and O–H groups in total. The minimum atomic E-state index is -0.303. The molecule has 5 heteroatoms. The molecule has 0 radical (unpaired) electrons. The van der Waals surface area contributed by atoms with E-state index in [-0.39, 0.29) is 18.0 Å². The zero-order chi connectivity index (χ0) is 18.4. The molecule has 2 aromatic rings. The van der Waals surface area contributed by atoms with Gasteiger partial charge in [-0.3, -0.25) is 0 Å². The van der Waals surface area contributed by atoms with Crippen LogP contribution in [0.1, 0.15) is 38.8 Å². The van der Waals surface area contributed by atoms with Crippen LogP contribution in [-0.2, 0) is 13.2 Å². The molecule has 0 fully saturated rings. The fourth-order valence-electron chi connectivity index (χ4n) is 2.26. The van der Waals surface area contributed by atoms with Crippen molar-refractivity contribution >= 4 is 11.6 Å². The van der Waals surface area contributed by atoms with Crippen molar-refractivity contribution in [3.05, 3.63) is 58.4 Å². The highest BCUT2D eigenvalue weighted by molar-refractivity contribution is 6.32. The van der Waals surface area contributed by atoms with Crippen molar-refractivity contribution in [1.82, 2.24) is 5.32 Å². The molecule has 25 heavy (non-hydrogen) atoms. The summed E-state index contributed by atoms with van der Waals surface area (Å²) in [6.45, 7) is 9.44. The van der Waals surface area contributed by atoms with Crippen molar-refractivity contribution in [2.45, 2.75) is 46.4 Å². The van der Waals surface area contributed by atoms with Gasteiger partial charge >= 0.3 is 0 Å². The summed E-state index contributed by atoms with van der Waals surface area (Å²) in [5.74, 6) is 0.700. The van der Waals surface area contributed by atoms with Gasteiger partial charge in [0.1, 0.15) is 12.4 Å². The molecule has 2 rings (SSSR count). The average molecular weight is 366 g/mol. The zero-order valence-corrected chi connectivity index (χ0v) is 15.9. The number of ether oxygens (including phenoxy) is 2. The maximum atomic E-state index is 13.8. The van der Waals surface area contributed by atoms with Crippen LogP contribution in [0.4, 0.5) is 4.39 Å². The summed E-state index contributed by atoms with van der Waals surface area (Å²) in [5, 5.41) is 3.87. The molecule has 0 saturated heterocycles. The highest BCUT2D eigenvalue weighted by Crippen LogP contribution is 2.37. The van der Waals surface area contributed by atoms with E-state index >= 15 is 0 Å². The molecule has 3 nitrogen and oxygen atoms in total. The van der Waals surface area contributed by atoms with Crippen LogP contribution in [-0.4, -0.2) is 12.1 Å². The molecule has 0 amide bonds. The normalized spacial score (nSPS) is 11.4. The van der Waals surface area contributed by atoms with E-state index in [1.807, 2.05) is 19.1 Å². The third kappa shape index (κ3) is 5.91. The minimum absolute atomic E-state index is 0.00173. The first-order valence-electron chi connectivity index (χ1n) is 8.36. The average Bonchev–Trinajstić information content (AvgIpc) is 2.53. The van der Waals surface area contributed by atoms with E-state index in [4.69, 9.17) is 21.1 Å². The summed E-state index contributed by atoms with van der Waals surface area (Å²) in [5.41, 5.74) is 1.47. The Balaban J connectivity index is 2.20. The van der Waals surface area contributed by atoms with Gasteiger partial charge in [0.15, 0.2) is 11.5 Å². The number of rotatable bonds is 7. The molecule has 136 valence electrons. The molecule has 0 saturated carbocycles. The highest BCUT2D eigenvalue weighted by atomic mass is 35.5. The fourth-order valence-corrected chi connectivity index (χ4v) is 2.55. The van der Waals surface area contributed by atoms with Crippen LogP contribution in [0.5, 0.6) is 11.5 Å². The van der Waals surface area contributed by atoms with Crippen molar-refractivity contribution in [2.24, 2.45) is 0 Å². The molecule has 0 aliphatic rings. The Labute approximate surface area is 154 Å². The summed E-state index contributed by atoms with van der Waals surface area (Å²) in [6, 6.07) is 10.3. The van der Waals surface area contributed by atoms with Crippen molar-refractivity contribution in [2.75, 3.05) is 6.61 Å². The third-order valence-electron chi connectivity index (χ3n) is 3.52. The second kappa shape index (κ2) is 8.54. The number of halogens is 2. The Morgan fingerprint density at radius 2 is 1.84 bits per heavy atom. The Hall–Kier alpha value is -1.78. The monoisotopic (exact) mass is 365 g/mol. The molecule has 0 aromatic heterocycles. The van der Waals surface area contributed by atoms with E-state index in [9.17, 15) is 4.39 Å². The van der Waals surface area contributed by atoms with E-state index in [0.717, 1.165) is 5.56 Å². The summed E-state index contributed by atoms with van der Waals surface area (Å²) in [4.78, 5) is 0. The van der Waals surface area contributed by atoms with Crippen LogP contribution in [0.3, 0.4) is 0 Å². The lowest BCUT2D eigenvalue weighted by Gasteiger charge is -2.21. The molecule has 2 aromatic carbocycles. The smallest absolute Gasteiger partial charge is 0.180 e. The molecule has 0 atom stereocenters. The summed E-state index contributed by atoms with van der Waals surface area (Å²) in [6.07, 6.45) is 0. The summed E-state index contributed by atoms with van der Waals surface area (Å²) in [7, 11) is 0. The quantitative estimate of drug-likeness (QED) is 0.717. The Bertz CT molecular complexity index is 713. The topological polar surface area (TPSA) is 30.5 Å². The number of hydrogen-bond donors (Lipinski definition) is 1. The summed E-state index contributed by atoms with van der Waals surface area (Å²) >= 11 is 6.40. The van der Waals surface area contributed by atoms with E-state index in [1.54, 1.807) is 18.2 Å². The standard InChI is InChI=1S/C20H25ClFNO2/c1-5-24-18-11-14(12-23-20(2,3)4)10-16(21)19(18)25-13-15-8-6-7-9-17(15)22/h6-11,23H,5,12-13H2,1-4H3. The first kappa shape index (κ1) is 19.5. The second-order valence-corrected chi connectivity index (χ2v) is 7.23. The lowest BCUT2D eigenvalue weighted by Crippen LogP contribution is -2.35. The number of hydrogen-bond acceptors (Lipinski definition) is 3. The van der Waals surface area contributed by atoms with Gasteiger partial charge in [-0.1, -0.05) is 29.8 Å². The van der Waals surface area contributed by atoms with Crippen LogP contribution < -0.4 is 14.8 Å². The Kier molecular flexibility index (Phi) is 6.68.